The second-order valence-electron chi connectivity index (χ2n) is 15.4. The van der Waals surface area contributed by atoms with Gasteiger partial charge < -0.3 is 26.4 Å². The van der Waals surface area contributed by atoms with Crippen molar-refractivity contribution in [2.24, 2.45) is 17.6 Å². The van der Waals surface area contributed by atoms with E-state index in [0.29, 0.717) is 43.4 Å². The van der Waals surface area contributed by atoms with Crippen molar-refractivity contribution in [1.82, 2.24) is 15.2 Å². The number of nitrogens with two attached hydrogens (primary N) is 1. The zero-order valence-electron chi connectivity index (χ0n) is 31.5. The van der Waals surface area contributed by atoms with Crippen LogP contribution in [0.4, 0.5) is 10.5 Å². The zero-order chi connectivity index (χ0) is 38.5. The molecule has 55 heavy (non-hydrogen) atoms. The highest BCUT2D eigenvalue weighted by Gasteiger charge is 2.34. The highest BCUT2D eigenvalue weighted by Crippen LogP contribution is 2.44. The molecule has 11 heteroatoms. The second kappa shape index (κ2) is 17.0. The van der Waals surface area contributed by atoms with Crippen LogP contribution in [0.5, 0.6) is 0 Å². The average Bonchev–Trinajstić information content (AvgIpc) is 3.99. The van der Waals surface area contributed by atoms with Gasteiger partial charge in [0.15, 0.2) is 0 Å². The molecule has 7 rings (SSSR count). The van der Waals surface area contributed by atoms with Gasteiger partial charge >= 0.3 is 6.09 Å². The van der Waals surface area contributed by atoms with E-state index in [1.807, 2.05) is 31.2 Å². The van der Waals surface area contributed by atoms with E-state index in [2.05, 4.69) is 40.2 Å². The van der Waals surface area contributed by atoms with Gasteiger partial charge in [-0.1, -0.05) is 86.7 Å². The number of hydrogen-bond acceptors (Lipinski definition) is 7. The maximum Gasteiger partial charge on any atom is 0.407 e. The van der Waals surface area contributed by atoms with Gasteiger partial charge in [-0.2, -0.15) is 0 Å². The van der Waals surface area contributed by atoms with E-state index in [1.165, 1.54) is 10.6 Å². The van der Waals surface area contributed by atoms with Crippen molar-refractivity contribution in [3.8, 4) is 11.1 Å². The lowest BCUT2D eigenvalue weighted by molar-refractivity contribution is -0.128. The fourth-order valence-corrected chi connectivity index (χ4v) is 8.35. The van der Waals surface area contributed by atoms with Crippen LogP contribution in [0.2, 0.25) is 0 Å². The van der Waals surface area contributed by atoms with Crippen molar-refractivity contribution in [2.75, 3.05) is 18.5 Å². The van der Waals surface area contributed by atoms with E-state index in [-0.39, 0.29) is 30.3 Å². The molecular weight excluding hydrogens is 695 g/mol. The molecule has 2 atom stereocenters. The zero-order valence-corrected chi connectivity index (χ0v) is 31.5. The molecule has 3 amide bonds. The number of pyridine rings is 1. The van der Waals surface area contributed by atoms with E-state index >= 15 is 0 Å². The van der Waals surface area contributed by atoms with Gasteiger partial charge in [0.25, 0.3) is 5.56 Å². The Labute approximate surface area is 321 Å². The van der Waals surface area contributed by atoms with Crippen molar-refractivity contribution in [3.63, 3.8) is 0 Å². The number of aromatic nitrogens is 1. The lowest BCUT2D eigenvalue weighted by atomic mass is 9.84. The summed E-state index contributed by atoms with van der Waals surface area (Å²) >= 11 is 0. The molecular formula is C44H51N5O6. The number of fused-ring (bicyclic) bond motifs is 4. The molecule has 0 unspecified atom stereocenters. The van der Waals surface area contributed by atoms with E-state index in [0.717, 1.165) is 78.1 Å². The third-order valence-electron chi connectivity index (χ3n) is 11.5. The number of anilines is 1. The quantitative estimate of drug-likeness (QED) is 0.103. The molecule has 0 bridgehead atoms. The van der Waals surface area contributed by atoms with Crippen LogP contribution in [-0.4, -0.2) is 53.6 Å². The standard InChI is InChI=1S/C44H51N5O6/c1-27-23-40(50)49(43(53)29-18-19-29)39-25-30(20-21-31(27)39)46-41(51)37(17-9-10-22-45)47-42(52)38(24-28-11-3-2-4-12-28)48-44(54)55-26-36-34-15-7-5-13-32(34)33-14-6-8-16-35(33)36/h5-8,13-16,20-21,23,25,28-29,36-38H,2-4,9-12,17-19,22,24,26,45H2,1H3,(H,46,51)(H,47,52)(H,48,54)/t37-,38-/m0/s1. The Morgan fingerprint density at radius 1 is 0.818 bits per heavy atom. The van der Waals surface area contributed by atoms with Crippen molar-refractivity contribution in [1.29, 1.82) is 0 Å². The number of benzene rings is 3. The Morgan fingerprint density at radius 3 is 2.18 bits per heavy atom. The molecule has 2 saturated carbocycles. The van der Waals surface area contributed by atoms with Crippen LogP contribution in [0.15, 0.2) is 77.6 Å². The number of aryl methyl sites for hydroxylation is 1. The molecule has 2 fully saturated rings. The topological polar surface area (TPSA) is 162 Å². The lowest BCUT2D eigenvalue weighted by Gasteiger charge is -2.28. The molecule has 4 aromatic rings. The highest BCUT2D eigenvalue weighted by molar-refractivity contribution is 6.01. The molecule has 0 saturated heterocycles. The highest BCUT2D eigenvalue weighted by atomic mass is 16.5. The van der Waals surface area contributed by atoms with Crippen molar-refractivity contribution in [2.45, 2.75) is 95.6 Å². The number of carbonyl (C=O) groups is 4. The summed E-state index contributed by atoms with van der Waals surface area (Å²) in [5.41, 5.74) is 11.4. The summed E-state index contributed by atoms with van der Waals surface area (Å²) in [6.45, 7) is 2.37. The number of nitrogens with zero attached hydrogens (tertiary/aromatic N) is 1. The summed E-state index contributed by atoms with van der Waals surface area (Å²) < 4.78 is 7.06. The van der Waals surface area contributed by atoms with E-state index in [9.17, 15) is 24.0 Å². The van der Waals surface area contributed by atoms with Crippen LogP contribution in [0, 0.1) is 18.8 Å². The summed E-state index contributed by atoms with van der Waals surface area (Å²) in [5.74, 6) is -1.19. The lowest BCUT2D eigenvalue weighted by Crippen LogP contribution is -2.53. The predicted octanol–water partition coefficient (Wildman–Crippen LogP) is 6.79. The van der Waals surface area contributed by atoms with Crippen LogP contribution < -0.4 is 27.2 Å². The average molecular weight is 746 g/mol. The number of alkyl carbamates (subject to hydrolysis) is 1. The summed E-state index contributed by atoms with van der Waals surface area (Å²) in [6.07, 6.45) is 8.05. The van der Waals surface area contributed by atoms with Gasteiger partial charge in [0.05, 0.1) is 5.52 Å². The molecule has 0 aliphatic heterocycles. The first-order valence-corrected chi connectivity index (χ1v) is 19.8. The normalized spacial score (nSPS) is 16.5. The predicted molar refractivity (Wildman–Crippen MR) is 213 cm³/mol. The summed E-state index contributed by atoms with van der Waals surface area (Å²) in [6, 6.07) is 21.0. The Balaban J connectivity index is 1.07. The first-order chi connectivity index (χ1) is 26.7. The monoisotopic (exact) mass is 745 g/mol. The Hall–Kier alpha value is -5.29. The largest absolute Gasteiger partial charge is 0.449 e. The number of hydrogen-bond donors (Lipinski definition) is 4. The summed E-state index contributed by atoms with van der Waals surface area (Å²) in [5, 5.41) is 9.48. The number of carbonyl (C=O) groups excluding carboxylic acids is 4. The fraction of sp³-hybridized carbons (Fsp3) is 0.432. The Morgan fingerprint density at radius 2 is 1.51 bits per heavy atom. The fourth-order valence-electron chi connectivity index (χ4n) is 8.35. The minimum atomic E-state index is -0.930. The van der Waals surface area contributed by atoms with Crippen LogP contribution >= 0.6 is 0 Å². The third-order valence-corrected chi connectivity index (χ3v) is 11.5. The van der Waals surface area contributed by atoms with E-state index < -0.39 is 35.6 Å². The molecule has 5 N–H and O–H groups in total. The van der Waals surface area contributed by atoms with Gasteiger partial charge in [0.2, 0.25) is 17.7 Å². The second-order valence-corrected chi connectivity index (χ2v) is 15.4. The number of amides is 3. The molecule has 288 valence electrons. The van der Waals surface area contributed by atoms with Gasteiger partial charge in [-0.05, 0) is 97.9 Å². The van der Waals surface area contributed by atoms with Crippen molar-refractivity contribution >= 4 is 40.4 Å². The first kappa shape index (κ1) is 38.0. The molecule has 11 nitrogen and oxygen atoms in total. The van der Waals surface area contributed by atoms with Crippen LogP contribution in [0.1, 0.15) is 98.0 Å². The third kappa shape index (κ3) is 8.67. The van der Waals surface area contributed by atoms with Gasteiger partial charge in [-0.25, -0.2) is 9.36 Å². The number of unbranched alkanes of at least 4 members (excludes halogenated alkanes) is 1. The molecule has 3 aliphatic rings. The van der Waals surface area contributed by atoms with Gasteiger partial charge in [0, 0.05) is 29.0 Å². The van der Waals surface area contributed by atoms with Gasteiger partial charge in [-0.15, -0.1) is 0 Å². The molecule has 0 spiro atoms. The van der Waals surface area contributed by atoms with Crippen LogP contribution in [-0.2, 0) is 14.3 Å². The van der Waals surface area contributed by atoms with Gasteiger partial charge in [-0.3, -0.25) is 19.2 Å². The van der Waals surface area contributed by atoms with Crippen LogP contribution in [0.3, 0.4) is 0 Å². The van der Waals surface area contributed by atoms with Crippen LogP contribution in [0.25, 0.3) is 22.0 Å². The Bertz CT molecular complexity index is 2090. The minimum Gasteiger partial charge on any atom is -0.449 e. The van der Waals surface area contributed by atoms with Crippen molar-refractivity contribution < 1.29 is 23.9 Å². The van der Waals surface area contributed by atoms with E-state index in [1.54, 1.807) is 18.2 Å². The molecule has 1 heterocycles. The minimum absolute atomic E-state index is 0.118. The maximum atomic E-state index is 14.1. The smallest absolute Gasteiger partial charge is 0.407 e. The maximum absolute atomic E-state index is 14.1. The summed E-state index contributed by atoms with van der Waals surface area (Å²) in [7, 11) is 0. The summed E-state index contributed by atoms with van der Waals surface area (Å²) in [4.78, 5) is 67.6. The number of ether oxygens (including phenoxy) is 1. The first-order valence-electron chi connectivity index (χ1n) is 19.8. The van der Waals surface area contributed by atoms with Crippen molar-refractivity contribution in [3.05, 3.63) is 99.8 Å². The molecule has 3 aromatic carbocycles. The van der Waals surface area contributed by atoms with E-state index in [4.69, 9.17) is 10.5 Å². The molecule has 1 aromatic heterocycles. The molecule has 3 aliphatic carbocycles. The molecule has 0 radical (unpaired) electrons. The SMILES string of the molecule is Cc1cc(=O)n(C(=O)C2CC2)c2cc(NC(=O)[C@H](CCCCN)NC(=O)[C@H](CC3CCCCC3)NC(=O)OCC3c4ccccc4-c4ccccc43)ccc12. The van der Waals surface area contributed by atoms with Gasteiger partial charge in [0.1, 0.15) is 18.7 Å². The number of nitrogens with one attached hydrogen (secondary N) is 3. The number of rotatable bonds is 14. The Kier molecular flexibility index (Phi) is 11.8.